The molecule has 0 saturated heterocycles. The van der Waals surface area contributed by atoms with Crippen LogP contribution >= 0.6 is 0 Å². The Hall–Kier alpha value is -2.09. The molecule has 0 fully saturated rings. The van der Waals surface area contributed by atoms with Gasteiger partial charge in [-0.15, -0.1) is 0 Å². The number of carboxylic acids is 1. The van der Waals surface area contributed by atoms with E-state index >= 15 is 0 Å². The lowest BCUT2D eigenvalue weighted by molar-refractivity contribution is -0.137. The van der Waals surface area contributed by atoms with Crippen LogP contribution in [0.5, 0.6) is 0 Å². The van der Waals surface area contributed by atoms with Crippen molar-refractivity contribution in [2.75, 3.05) is 0 Å². The molecule has 19 heavy (non-hydrogen) atoms. The topological polar surface area (TPSA) is 37.3 Å². The van der Waals surface area contributed by atoms with E-state index in [1.165, 1.54) is 11.1 Å². The zero-order valence-electron chi connectivity index (χ0n) is 11.0. The van der Waals surface area contributed by atoms with Crippen molar-refractivity contribution in [3.63, 3.8) is 0 Å². The number of benzene rings is 2. The van der Waals surface area contributed by atoms with Crippen LogP contribution in [0, 0.1) is 6.92 Å². The van der Waals surface area contributed by atoms with Crippen molar-refractivity contribution >= 4 is 5.97 Å². The quantitative estimate of drug-likeness (QED) is 0.881. The van der Waals surface area contributed by atoms with E-state index in [-0.39, 0.29) is 12.3 Å². The first-order valence-corrected chi connectivity index (χ1v) is 6.48. The summed E-state index contributed by atoms with van der Waals surface area (Å²) in [5, 5.41) is 9.09. The molecule has 0 radical (unpaired) electrons. The lowest BCUT2D eigenvalue weighted by atomic mass is 9.88. The minimum Gasteiger partial charge on any atom is -0.481 e. The molecule has 0 aliphatic heterocycles. The molecule has 1 atom stereocenters. The molecule has 2 aromatic carbocycles. The average Bonchev–Trinajstić information content (AvgIpc) is 2.41. The van der Waals surface area contributed by atoms with Gasteiger partial charge in [0.15, 0.2) is 0 Å². The summed E-state index contributed by atoms with van der Waals surface area (Å²) >= 11 is 0. The van der Waals surface area contributed by atoms with Gasteiger partial charge < -0.3 is 5.11 Å². The first-order valence-electron chi connectivity index (χ1n) is 6.48. The molecular formula is C17H18O2. The number of hydrogen-bond donors (Lipinski definition) is 1. The molecule has 0 bridgehead atoms. The Morgan fingerprint density at radius 2 is 1.68 bits per heavy atom. The van der Waals surface area contributed by atoms with Crippen LogP contribution in [0.4, 0.5) is 0 Å². The molecule has 0 aliphatic rings. The maximum Gasteiger partial charge on any atom is 0.303 e. The molecule has 0 heterocycles. The summed E-state index contributed by atoms with van der Waals surface area (Å²) in [6.45, 7) is 2.07. The maximum absolute atomic E-state index is 11.1. The lowest BCUT2D eigenvalue weighted by Gasteiger charge is -2.16. The van der Waals surface area contributed by atoms with Crippen LogP contribution in [0.15, 0.2) is 54.6 Å². The molecule has 2 rings (SSSR count). The fourth-order valence-corrected chi connectivity index (χ4v) is 2.35. The number of hydrogen-bond acceptors (Lipinski definition) is 1. The summed E-state index contributed by atoms with van der Waals surface area (Å²) in [6.07, 6.45) is 0.932. The van der Waals surface area contributed by atoms with E-state index in [1.54, 1.807) is 0 Å². The minimum atomic E-state index is -0.748. The molecule has 2 heteroatoms. The van der Waals surface area contributed by atoms with Gasteiger partial charge in [0.2, 0.25) is 0 Å². The van der Waals surface area contributed by atoms with Crippen LogP contribution in [-0.2, 0) is 11.2 Å². The van der Waals surface area contributed by atoms with E-state index in [4.69, 9.17) is 5.11 Å². The lowest BCUT2D eigenvalue weighted by Crippen LogP contribution is -2.10. The molecule has 0 aromatic heterocycles. The van der Waals surface area contributed by atoms with E-state index in [0.717, 1.165) is 12.0 Å². The molecule has 0 amide bonds. The second-order valence-corrected chi connectivity index (χ2v) is 4.84. The third-order valence-corrected chi connectivity index (χ3v) is 3.42. The standard InChI is InChI=1S/C17H18O2/c1-13-7-5-6-10-15(13)11-16(12-17(18)19)14-8-3-2-4-9-14/h2-10,16H,11-12H2,1H3,(H,18,19). The van der Waals surface area contributed by atoms with Gasteiger partial charge >= 0.3 is 5.97 Å². The van der Waals surface area contributed by atoms with E-state index < -0.39 is 5.97 Å². The highest BCUT2D eigenvalue weighted by molar-refractivity contribution is 5.68. The van der Waals surface area contributed by atoms with Gasteiger partial charge in [-0.3, -0.25) is 4.79 Å². The van der Waals surface area contributed by atoms with E-state index in [1.807, 2.05) is 42.5 Å². The summed E-state index contributed by atoms with van der Waals surface area (Å²) < 4.78 is 0. The van der Waals surface area contributed by atoms with Crippen molar-refractivity contribution in [2.45, 2.75) is 25.7 Å². The van der Waals surface area contributed by atoms with Gasteiger partial charge in [0.25, 0.3) is 0 Å². The molecule has 0 aliphatic carbocycles. The van der Waals surface area contributed by atoms with Gasteiger partial charge in [-0.1, -0.05) is 54.6 Å². The van der Waals surface area contributed by atoms with Crippen LogP contribution in [0.3, 0.4) is 0 Å². The third kappa shape index (κ3) is 3.68. The van der Waals surface area contributed by atoms with Crippen LogP contribution in [0.1, 0.15) is 29.0 Å². The molecule has 0 saturated carbocycles. The molecule has 1 N–H and O–H groups in total. The Morgan fingerprint density at radius 3 is 2.32 bits per heavy atom. The Kier molecular flexibility index (Phi) is 4.35. The predicted molar refractivity (Wildman–Crippen MR) is 76.3 cm³/mol. The fourth-order valence-electron chi connectivity index (χ4n) is 2.35. The highest BCUT2D eigenvalue weighted by Crippen LogP contribution is 2.25. The number of aliphatic carboxylic acids is 1. The number of aryl methyl sites for hydroxylation is 1. The van der Waals surface area contributed by atoms with Crippen LogP contribution in [-0.4, -0.2) is 11.1 Å². The maximum atomic E-state index is 11.1. The van der Waals surface area contributed by atoms with Crippen molar-refractivity contribution in [1.29, 1.82) is 0 Å². The summed E-state index contributed by atoms with van der Waals surface area (Å²) in [7, 11) is 0. The van der Waals surface area contributed by atoms with Crippen molar-refractivity contribution in [2.24, 2.45) is 0 Å². The fraction of sp³-hybridized carbons (Fsp3) is 0.235. The van der Waals surface area contributed by atoms with E-state index in [2.05, 4.69) is 19.1 Å². The largest absolute Gasteiger partial charge is 0.481 e. The zero-order chi connectivity index (χ0) is 13.7. The Labute approximate surface area is 113 Å². The predicted octanol–water partition coefficient (Wildman–Crippen LogP) is 3.80. The van der Waals surface area contributed by atoms with Crippen molar-refractivity contribution in [3.05, 3.63) is 71.3 Å². The van der Waals surface area contributed by atoms with Gasteiger partial charge in [0, 0.05) is 0 Å². The van der Waals surface area contributed by atoms with Gasteiger partial charge in [0.05, 0.1) is 6.42 Å². The Morgan fingerprint density at radius 1 is 1.05 bits per heavy atom. The molecular weight excluding hydrogens is 236 g/mol. The average molecular weight is 254 g/mol. The van der Waals surface area contributed by atoms with Crippen molar-refractivity contribution in [3.8, 4) is 0 Å². The summed E-state index contributed by atoms with van der Waals surface area (Å²) in [6, 6.07) is 18.0. The smallest absolute Gasteiger partial charge is 0.303 e. The van der Waals surface area contributed by atoms with Crippen LogP contribution < -0.4 is 0 Å². The zero-order valence-corrected chi connectivity index (χ0v) is 11.0. The summed E-state index contributed by atoms with van der Waals surface area (Å²) in [5.74, 6) is -0.720. The first kappa shape index (κ1) is 13.3. The third-order valence-electron chi connectivity index (χ3n) is 3.42. The Balaban J connectivity index is 2.24. The number of carboxylic acid groups (broad SMARTS) is 1. The number of carbonyl (C=O) groups is 1. The second kappa shape index (κ2) is 6.19. The summed E-state index contributed by atoms with van der Waals surface area (Å²) in [4.78, 5) is 11.1. The van der Waals surface area contributed by atoms with Gasteiger partial charge in [-0.25, -0.2) is 0 Å². The summed E-state index contributed by atoms with van der Waals surface area (Å²) in [5.41, 5.74) is 3.53. The normalized spacial score (nSPS) is 12.1. The van der Waals surface area contributed by atoms with Gasteiger partial charge in [0.1, 0.15) is 0 Å². The minimum absolute atomic E-state index is 0.0276. The van der Waals surface area contributed by atoms with E-state index in [0.29, 0.717) is 0 Å². The van der Waals surface area contributed by atoms with Gasteiger partial charge in [-0.05, 0) is 36.0 Å². The molecule has 1 unspecified atom stereocenters. The molecule has 98 valence electrons. The molecule has 0 spiro atoms. The Bertz CT molecular complexity index is 546. The van der Waals surface area contributed by atoms with Crippen molar-refractivity contribution < 1.29 is 9.90 Å². The molecule has 2 nitrogen and oxygen atoms in total. The molecule has 2 aromatic rings. The SMILES string of the molecule is Cc1ccccc1CC(CC(=O)O)c1ccccc1. The number of rotatable bonds is 5. The highest BCUT2D eigenvalue weighted by atomic mass is 16.4. The van der Waals surface area contributed by atoms with Crippen LogP contribution in [0.25, 0.3) is 0 Å². The van der Waals surface area contributed by atoms with E-state index in [9.17, 15) is 4.79 Å². The first-order chi connectivity index (χ1) is 9.16. The van der Waals surface area contributed by atoms with Crippen molar-refractivity contribution in [1.82, 2.24) is 0 Å². The monoisotopic (exact) mass is 254 g/mol. The highest BCUT2D eigenvalue weighted by Gasteiger charge is 2.16. The van der Waals surface area contributed by atoms with Crippen LogP contribution in [0.2, 0.25) is 0 Å². The second-order valence-electron chi connectivity index (χ2n) is 4.84. The van der Waals surface area contributed by atoms with Gasteiger partial charge in [-0.2, -0.15) is 0 Å².